The van der Waals surface area contributed by atoms with Crippen LogP contribution < -0.4 is 11.5 Å². The third-order valence-electron chi connectivity index (χ3n) is 1.79. The van der Waals surface area contributed by atoms with Crippen molar-refractivity contribution < 1.29 is 0 Å². The zero-order valence-corrected chi connectivity index (χ0v) is 9.56. The standard InChI is InChI=1S/C8H11BrClN3/c1-2-5(11)7-4(9)3-6(12)13-8(7)10/h3,5H,2,11H2,1H3,(H2,12,13). The molecule has 5 heteroatoms. The second-order valence-electron chi connectivity index (χ2n) is 2.75. The van der Waals surface area contributed by atoms with E-state index in [1.807, 2.05) is 6.92 Å². The van der Waals surface area contributed by atoms with Gasteiger partial charge in [-0.2, -0.15) is 0 Å². The molecule has 1 aromatic heterocycles. The minimum atomic E-state index is -0.102. The van der Waals surface area contributed by atoms with Gasteiger partial charge in [0.1, 0.15) is 11.0 Å². The van der Waals surface area contributed by atoms with E-state index < -0.39 is 0 Å². The molecule has 0 aliphatic carbocycles. The molecule has 0 spiro atoms. The monoisotopic (exact) mass is 263 g/mol. The number of pyridine rings is 1. The van der Waals surface area contributed by atoms with Crippen LogP contribution in [0.15, 0.2) is 10.5 Å². The Balaban J connectivity index is 3.20. The summed E-state index contributed by atoms with van der Waals surface area (Å²) in [4.78, 5) is 3.94. The molecule has 0 saturated carbocycles. The largest absolute Gasteiger partial charge is 0.384 e. The first-order valence-electron chi connectivity index (χ1n) is 3.93. The summed E-state index contributed by atoms with van der Waals surface area (Å²) in [5.41, 5.74) is 12.2. The highest BCUT2D eigenvalue weighted by Gasteiger charge is 2.14. The van der Waals surface area contributed by atoms with Crippen LogP contribution in [-0.4, -0.2) is 4.98 Å². The van der Waals surface area contributed by atoms with Gasteiger partial charge in [0.15, 0.2) is 0 Å². The number of hydrogen-bond acceptors (Lipinski definition) is 3. The molecule has 4 N–H and O–H groups in total. The van der Waals surface area contributed by atoms with Crippen molar-refractivity contribution in [2.24, 2.45) is 5.73 Å². The maximum absolute atomic E-state index is 5.91. The highest BCUT2D eigenvalue weighted by molar-refractivity contribution is 9.10. The van der Waals surface area contributed by atoms with Gasteiger partial charge in [0.25, 0.3) is 0 Å². The summed E-state index contributed by atoms with van der Waals surface area (Å²) in [5, 5.41) is 0.376. The Morgan fingerprint density at radius 3 is 2.77 bits per heavy atom. The Kier molecular flexibility index (Phi) is 3.53. The minimum absolute atomic E-state index is 0.102. The number of hydrogen-bond donors (Lipinski definition) is 2. The fraction of sp³-hybridized carbons (Fsp3) is 0.375. The highest BCUT2D eigenvalue weighted by atomic mass is 79.9. The van der Waals surface area contributed by atoms with Gasteiger partial charge in [-0.15, -0.1) is 0 Å². The van der Waals surface area contributed by atoms with Crippen LogP contribution in [0.4, 0.5) is 5.82 Å². The van der Waals surface area contributed by atoms with E-state index in [2.05, 4.69) is 20.9 Å². The topological polar surface area (TPSA) is 64.9 Å². The molecule has 0 bridgehead atoms. The quantitative estimate of drug-likeness (QED) is 0.807. The molecule has 0 aliphatic rings. The van der Waals surface area contributed by atoms with Gasteiger partial charge in [0.2, 0.25) is 0 Å². The summed E-state index contributed by atoms with van der Waals surface area (Å²) in [7, 11) is 0. The lowest BCUT2D eigenvalue weighted by atomic mass is 10.1. The zero-order chi connectivity index (χ0) is 10.0. The first-order chi connectivity index (χ1) is 6.06. The second kappa shape index (κ2) is 4.26. The molecule has 1 aromatic rings. The van der Waals surface area contributed by atoms with Crippen LogP contribution in [0.1, 0.15) is 24.9 Å². The first-order valence-corrected chi connectivity index (χ1v) is 5.10. The van der Waals surface area contributed by atoms with Crippen molar-refractivity contribution in [3.63, 3.8) is 0 Å². The molecule has 1 rings (SSSR count). The number of anilines is 1. The highest BCUT2D eigenvalue weighted by Crippen LogP contribution is 2.30. The molecule has 0 radical (unpaired) electrons. The third kappa shape index (κ3) is 2.33. The van der Waals surface area contributed by atoms with Crippen molar-refractivity contribution >= 4 is 33.3 Å². The summed E-state index contributed by atoms with van der Waals surface area (Å²) in [6.45, 7) is 1.99. The van der Waals surface area contributed by atoms with Crippen molar-refractivity contribution in [2.75, 3.05) is 5.73 Å². The van der Waals surface area contributed by atoms with E-state index in [1.54, 1.807) is 6.07 Å². The molecule has 0 aliphatic heterocycles. The summed E-state index contributed by atoms with van der Waals surface area (Å²) < 4.78 is 0.819. The van der Waals surface area contributed by atoms with Gasteiger partial charge < -0.3 is 11.5 Å². The average Bonchev–Trinajstić information content (AvgIpc) is 2.02. The lowest BCUT2D eigenvalue weighted by Gasteiger charge is -2.13. The van der Waals surface area contributed by atoms with Crippen LogP contribution in [0.5, 0.6) is 0 Å². The number of rotatable bonds is 2. The van der Waals surface area contributed by atoms with Crippen LogP contribution in [-0.2, 0) is 0 Å². The van der Waals surface area contributed by atoms with Crippen molar-refractivity contribution in [1.82, 2.24) is 4.98 Å². The van der Waals surface area contributed by atoms with E-state index in [0.717, 1.165) is 16.5 Å². The normalized spacial score (nSPS) is 12.9. The molecule has 0 saturated heterocycles. The zero-order valence-electron chi connectivity index (χ0n) is 7.22. The minimum Gasteiger partial charge on any atom is -0.384 e. The molecule has 13 heavy (non-hydrogen) atoms. The summed E-state index contributed by atoms with van der Waals surface area (Å²) >= 11 is 9.26. The molecule has 72 valence electrons. The molecule has 1 atom stereocenters. The molecular formula is C8H11BrClN3. The van der Waals surface area contributed by atoms with Gasteiger partial charge in [-0.25, -0.2) is 4.98 Å². The number of nitrogens with two attached hydrogens (primary N) is 2. The van der Waals surface area contributed by atoms with Crippen LogP contribution in [0.2, 0.25) is 5.15 Å². The number of aromatic nitrogens is 1. The Morgan fingerprint density at radius 1 is 1.69 bits per heavy atom. The molecule has 3 nitrogen and oxygen atoms in total. The van der Waals surface area contributed by atoms with Gasteiger partial charge in [-0.05, 0) is 12.5 Å². The molecular weight excluding hydrogens is 253 g/mol. The van der Waals surface area contributed by atoms with Crippen LogP contribution in [0.25, 0.3) is 0 Å². The smallest absolute Gasteiger partial charge is 0.137 e. The summed E-state index contributed by atoms with van der Waals surface area (Å²) in [6.07, 6.45) is 0.809. The van der Waals surface area contributed by atoms with E-state index in [1.165, 1.54) is 0 Å². The van der Waals surface area contributed by atoms with E-state index in [9.17, 15) is 0 Å². The van der Waals surface area contributed by atoms with E-state index in [0.29, 0.717) is 11.0 Å². The van der Waals surface area contributed by atoms with Gasteiger partial charge in [0.05, 0.1) is 0 Å². The molecule has 1 unspecified atom stereocenters. The molecule has 0 fully saturated rings. The van der Waals surface area contributed by atoms with Crippen LogP contribution in [0, 0.1) is 0 Å². The lowest BCUT2D eigenvalue weighted by molar-refractivity contribution is 0.692. The molecule has 0 aromatic carbocycles. The Labute approximate surface area is 90.6 Å². The second-order valence-corrected chi connectivity index (χ2v) is 3.96. The van der Waals surface area contributed by atoms with Crippen LogP contribution in [0.3, 0.4) is 0 Å². The van der Waals surface area contributed by atoms with Crippen molar-refractivity contribution in [2.45, 2.75) is 19.4 Å². The predicted octanol–water partition coefficient (Wildman–Crippen LogP) is 2.49. The Hall–Kier alpha value is -0.320. The van der Waals surface area contributed by atoms with Crippen molar-refractivity contribution in [3.8, 4) is 0 Å². The Bertz CT molecular complexity index is 293. The van der Waals surface area contributed by atoms with Crippen molar-refractivity contribution in [3.05, 3.63) is 21.3 Å². The average molecular weight is 265 g/mol. The van der Waals surface area contributed by atoms with Gasteiger partial charge in [-0.1, -0.05) is 34.5 Å². The van der Waals surface area contributed by atoms with Gasteiger partial charge in [0, 0.05) is 16.1 Å². The Morgan fingerprint density at radius 2 is 2.31 bits per heavy atom. The lowest BCUT2D eigenvalue weighted by Crippen LogP contribution is -2.11. The predicted molar refractivity (Wildman–Crippen MR) is 58.6 cm³/mol. The molecule has 0 amide bonds. The summed E-state index contributed by atoms with van der Waals surface area (Å²) in [6, 6.07) is 1.60. The molecule has 1 heterocycles. The SMILES string of the molecule is CCC(N)c1c(Br)cc(N)nc1Cl. The summed E-state index contributed by atoms with van der Waals surface area (Å²) in [5.74, 6) is 0.393. The maximum Gasteiger partial charge on any atom is 0.137 e. The van der Waals surface area contributed by atoms with Gasteiger partial charge in [-0.3, -0.25) is 0 Å². The van der Waals surface area contributed by atoms with E-state index in [-0.39, 0.29) is 6.04 Å². The number of nitrogen functional groups attached to an aromatic ring is 1. The van der Waals surface area contributed by atoms with E-state index >= 15 is 0 Å². The van der Waals surface area contributed by atoms with E-state index in [4.69, 9.17) is 23.1 Å². The van der Waals surface area contributed by atoms with Crippen LogP contribution >= 0.6 is 27.5 Å². The maximum atomic E-state index is 5.91. The fourth-order valence-electron chi connectivity index (χ4n) is 1.05. The van der Waals surface area contributed by atoms with Crippen molar-refractivity contribution in [1.29, 1.82) is 0 Å². The number of halogens is 2. The third-order valence-corrected chi connectivity index (χ3v) is 2.74. The fourth-order valence-corrected chi connectivity index (χ4v) is 2.22. The number of nitrogens with zero attached hydrogens (tertiary/aromatic N) is 1. The van der Waals surface area contributed by atoms with Gasteiger partial charge >= 0.3 is 0 Å². The first kappa shape index (κ1) is 10.8.